The number of aliphatic hydroxyl groups excluding tert-OH is 8. The maximum Gasteiger partial charge on any atom is 0.220 e. The number of carbonyl (C=O) groups excluding carboxylic acids is 1. The van der Waals surface area contributed by atoms with Crippen LogP contribution in [-0.2, 0) is 23.7 Å². The lowest BCUT2D eigenvalue weighted by molar-refractivity contribution is -0.359. The summed E-state index contributed by atoms with van der Waals surface area (Å²) in [6.45, 7) is 2.66. The summed E-state index contributed by atoms with van der Waals surface area (Å²) in [6, 6.07) is -0.947. The quantitative estimate of drug-likeness (QED) is 0.0204. The average molecular weight is 1240 g/mol. The number of unbranched alkanes of at least 4 members (excludes halogenated alkanes) is 24. The summed E-state index contributed by atoms with van der Waals surface area (Å²) in [6.07, 6.45) is 66.8. The van der Waals surface area contributed by atoms with Gasteiger partial charge in [-0.25, -0.2) is 0 Å². The van der Waals surface area contributed by atoms with Crippen molar-refractivity contribution in [2.24, 2.45) is 0 Å². The predicted octanol–water partition coefficient (Wildman–Crippen LogP) is 14.1. The van der Waals surface area contributed by atoms with Gasteiger partial charge >= 0.3 is 0 Å². The highest BCUT2D eigenvalue weighted by Crippen LogP contribution is 2.30. The monoisotopic (exact) mass is 1240 g/mol. The molecule has 0 aliphatic carbocycles. The van der Waals surface area contributed by atoms with E-state index in [0.29, 0.717) is 12.8 Å². The van der Waals surface area contributed by atoms with Gasteiger partial charge in [-0.05, 0) is 103 Å². The molecule has 2 fully saturated rings. The van der Waals surface area contributed by atoms with Crippen molar-refractivity contribution in [3.63, 3.8) is 0 Å². The van der Waals surface area contributed by atoms with Gasteiger partial charge in [0.05, 0.1) is 32.0 Å². The Hall–Kier alpha value is -3.61. The number of carbonyl (C=O) groups is 1. The Morgan fingerprint density at radius 2 is 0.795 bits per heavy atom. The fourth-order valence-electron chi connectivity index (χ4n) is 10.6. The number of hydrogen-bond donors (Lipinski definition) is 9. The zero-order chi connectivity index (χ0) is 63.8. The first-order valence-electron chi connectivity index (χ1n) is 34.8. The lowest BCUT2D eigenvalue weighted by Crippen LogP contribution is -2.65. The molecular formula is C74H125NO13. The molecule has 0 aromatic rings. The van der Waals surface area contributed by atoms with Gasteiger partial charge in [-0.2, -0.15) is 0 Å². The lowest BCUT2D eigenvalue weighted by Gasteiger charge is -2.46. The molecule has 88 heavy (non-hydrogen) atoms. The van der Waals surface area contributed by atoms with Crippen molar-refractivity contribution >= 4 is 5.91 Å². The molecule has 0 aromatic carbocycles. The Morgan fingerprint density at radius 1 is 0.420 bits per heavy atom. The van der Waals surface area contributed by atoms with Gasteiger partial charge in [0, 0.05) is 6.42 Å². The van der Waals surface area contributed by atoms with Crippen molar-refractivity contribution in [1.82, 2.24) is 5.32 Å². The maximum absolute atomic E-state index is 13.3. The highest BCUT2D eigenvalue weighted by Gasteiger charge is 2.51. The summed E-state index contributed by atoms with van der Waals surface area (Å²) >= 11 is 0. The van der Waals surface area contributed by atoms with E-state index in [1.54, 1.807) is 6.08 Å². The molecule has 0 bridgehead atoms. The highest BCUT2D eigenvalue weighted by atomic mass is 16.7. The summed E-state index contributed by atoms with van der Waals surface area (Å²) in [5, 5.41) is 87.3. The summed E-state index contributed by atoms with van der Waals surface area (Å²) in [5.41, 5.74) is 0. The second kappa shape index (κ2) is 57.3. The SMILES string of the molecule is CC/C=C\C/C=C\C/C=C\C/C=C\C/C=C\C/C=C\C/C=C\CCCCCCCCCCCCCCCC(=O)NC(COC1OC(CO)C(OC2OC(CO)C(O)C(O)C2O)C(O)C1O)C(O)/C=C/CC/C=C/CC/C=C/CCCCCCCCCCC. The van der Waals surface area contributed by atoms with E-state index >= 15 is 0 Å². The molecule has 12 atom stereocenters. The number of nitrogens with one attached hydrogen (secondary N) is 1. The van der Waals surface area contributed by atoms with Gasteiger partial charge in [-0.3, -0.25) is 4.79 Å². The summed E-state index contributed by atoms with van der Waals surface area (Å²) in [4.78, 5) is 13.3. The standard InChI is InChI=1S/C74H125NO13/c1-3-5-7-9-11-13-15-17-19-21-23-24-25-26-27-28-29-30-31-32-33-34-35-36-37-38-40-42-44-46-48-50-52-54-56-58-66(79)75-62(63(78)57-55-53-51-49-47-45-43-41-39-22-20-18-16-14-12-10-8-6-4-2)61-85-73-71(84)69(82)72(65(60-77)87-73)88-74-70(83)68(81)67(80)64(59-76)86-74/h5,7,11,13,17,19,23-24,26-27,29-30,32-33,39,41,47,49,55,57,62-65,67-74,76-78,80-84H,3-4,6,8-10,12,14-16,18,20-22,25,28,31,34-38,40,42-46,48,50-54,56,58-61H2,1-2H3,(H,75,79)/b7-5-,13-11-,19-17-,24-23-,27-26-,30-29-,33-32-,41-39+,49-47+,57-55+. The van der Waals surface area contributed by atoms with Crippen molar-refractivity contribution in [2.75, 3.05) is 19.8 Å². The Labute approximate surface area is 533 Å². The minimum atomic E-state index is -1.80. The van der Waals surface area contributed by atoms with E-state index in [1.807, 2.05) is 6.08 Å². The van der Waals surface area contributed by atoms with E-state index < -0.39 is 86.8 Å². The van der Waals surface area contributed by atoms with Crippen LogP contribution in [0.4, 0.5) is 0 Å². The average Bonchev–Trinajstić information content (AvgIpc) is 1.84. The Bertz CT molecular complexity index is 1940. The first-order valence-corrected chi connectivity index (χ1v) is 34.8. The van der Waals surface area contributed by atoms with Crippen LogP contribution in [0.3, 0.4) is 0 Å². The second-order valence-electron chi connectivity index (χ2n) is 23.9. The molecule has 0 aromatic heterocycles. The number of amides is 1. The van der Waals surface area contributed by atoms with Crippen molar-refractivity contribution in [1.29, 1.82) is 0 Å². The molecule has 0 radical (unpaired) electrons. The topological polar surface area (TPSA) is 228 Å². The van der Waals surface area contributed by atoms with Crippen molar-refractivity contribution in [3.05, 3.63) is 122 Å². The van der Waals surface area contributed by atoms with Gasteiger partial charge in [0.15, 0.2) is 12.6 Å². The van der Waals surface area contributed by atoms with Crippen LogP contribution < -0.4 is 5.32 Å². The molecule has 0 spiro atoms. The van der Waals surface area contributed by atoms with E-state index in [4.69, 9.17) is 18.9 Å². The molecule has 2 heterocycles. The first kappa shape index (κ1) is 80.5. The Kier molecular flexibility index (Phi) is 52.4. The summed E-state index contributed by atoms with van der Waals surface area (Å²) in [5.74, 6) is -0.258. The predicted molar refractivity (Wildman–Crippen MR) is 359 cm³/mol. The van der Waals surface area contributed by atoms with Crippen molar-refractivity contribution in [3.8, 4) is 0 Å². The van der Waals surface area contributed by atoms with E-state index in [0.717, 1.165) is 96.3 Å². The van der Waals surface area contributed by atoms with E-state index in [1.165, 1.54) is 116 Å². The van der Waals surface area contributed by atoms with Gasteiger partial charge in [-0.15, -0.1) is 0 Å². The van der Waals surface area contributed by atoms with Crippen LogP contribution in [0.5, 0.6) is 0 Å². The minimum absolute atomic E-state index is 0.258. The van der Waals surface area contributed by atoms with Crippen LogP contribution in [0.2, 0.25) is 0 Å². The van der Waals surface area contributed by atoms with Gasteiger partial charge in [0.2, 0.25) is 5.91 Å². The first-order chi connectivity index (χ1) is 43.1. The molecule has 12 unspecified atom stereocenters. The van der Waals surface area contributed by atoms with E-state index in [9.17, 15) is 45.6 Å². The third-order valence-electron chi connectivity index (χ3n) is 16.1. The van der Waals surface area contributed by atoms with Crippen molar-refractivity contribution < 1.29 is 64.6 Å². The largest absolute Gasteiger partial charge is 0.394 e. The molecule has 0 saturated carbocycles. The van der Waals surface area contributed by atoms with Crippen LogP contribution in [0.15, 0.2) is 122 Å². The number of aliphatic hydroxyl groups is 8. The summed E-state index contributed by atoms with van der Waals surface area (Å²) in [7, 11) is 0. The number of hydrogen-bond acceptors (Lipinski definition) is 13. The fourth-order valence-corrected chi connectivity index (χ4v) is 10.6. The summed E-state index contributed by atoms with van der Waals surface area (Å²) < 4.78 is 22.8. The van der Waals surface area contributed by atoms with Crippen molar-refractivity contribution in [2.45, 2.75) is 319 Å². The Balaban J connectivity index is 1.67. The minimum Gasteiger partial charge on any atom is -0.394 e. The smallest absolute Gasteiger partial charge is 0.220 e. The molecular weight excluding hydrogens is 1110 g/mol. The van der Waals surface area contributed by atoms with E-state index in [2.05, 4.69) is 129 Å². The third kappa shape index (κ3) is 41.0. The third-order valence-corrected chi connectivity index (χ3v) is 16.1. The molecule has 2 rings (SSSR count). The van der Waals surface area contributed by atoms with Gasteiger partial charge in [-0.1, -0.05) is 257 Å². The van der Waals surface area contributed by atoms with Crippen LogP contribution in [0, 0.1) is 0 Å². The number of allylic oxidation sites excluding steroid dienone is 19. The van der Waals surface area contributed by atoms with Crippen LogP contribution in [0.1, 0.15) is 245 Å². The Morgan fingerprint density at radius 3 is 1.25 bits per heavy atom. The van der Waals surface area contributed by atoms with E-state index in [-0.39, 0.29) is 18.9 Å². The van der Waals surface area contributed by atoms with Gasteiger partial charge in [0.1, 0.15) is 48.8 Å². The highest BCUT2D eigenvalue weighted by molar-refractivity contribution is 5.76. The molecule has 504 valence electrons. The second-order valence-corrected chi connectivity index (χ2v) is 23.9. The molecule has 14 nitrogen and oxygen atoms in total. The van der Waals surface area contributed by atoms with Crippen LogP contribution in [0.25, 0.3) is 0 Å². The zero-order valence-electron chi connectivity index (χ0n) is 54.7. The number of ether oxygens (including phenoxy) is 4. The molecule has 9 N–H and O–H groups in total. The van der Waals surface area contributed by atoms with Crippen LogP contribution in [-0.4, -0.2) is 140 Å². The zero-order valence-corrected chi connectivity index (χ0v) is 54.7. The molecule has 14 heteroatoms. The number of rotatable bonds is 55. The van der Waals surface area contributed by atoms with Crippen LogP contribution >= 0.6 is 0 Å². The maximum atomic E-state index is 13.3. The molecule has 1 amide bonds. The van der Waals surface area contributed by atoms with Gasteiger partial charge < -0.3 is 65.1 Å². The normalized spacial score (nSPS) is 23.9. The molecule has 2 aliphatic rings. The molecule has 2 saturated heterocycles. The van der Waals surface area contributed by atoms with Gasteiger partial charge in [0.25, 0.3) is 0 Å². The lowest BCUT2D eigenvalue weighted by atomic mass is 9.97. The fraction of sp³-hybridized carbons (Fsp3) is 0.716. The molecule has 2 aliphatic heterocycles.